The molecule has 6 heteroatoms. The molecule has 0 aromatic carbocycles. The Morgan fingerprint density at radius 2 is 0.534 bits per heavy atom. The molecule has 73 heavy (non-hydrogen) atoms. The maximum Gasteiger partial charge on any atom is 0.306 e. The van der Waals surface area contributed by atoms with Crippen molar-refractivity contribution in [3.8, 4) is 0 Å². The van der Waals surface area contributed by atoms with Crippen LogP contribution in [0.4, 0.5) is 0 Å². The Labute approximate surface area is 453 Å². The van der Waals surface area contributed by atoms with Crippen LogP contribution in [-0.2, 0) is 28.6 Å². The molecule has 0 amide bonds. The lowest BCUT2D eigenvalue weighted by atomic mass is 10.0. The lowest BCUT2D eigenvalue weighted by Crippen LogP contribution is -2.30. The number of ether oxygens (including phenoxy) is 3. The number of unbranched alkanes of at least 4 members (excludes halogenated alkanes) is 34. The Kier molecular flexibility index (Phi) is 58.7. The van der Waals surface area contributed by atoms with Crippen LogP contribution >= 0.6 is 0 Å². The van der Waals surface area contributed by atoms with Crippen LogP contribution < -0.4 is 0 Å². The van der Waals surface area contributed by atoms with Gasteiger partial charge in [0.15, 0.2) is 6.10 Å². The van der Waals surface area contributed by atoms with Gasteiger partial charge in [-0.1, -0.05) is 299 Å². The van der Waals surface area contributed by atoms with E-state index in [9.17, 15) is 14.4 Å². The smallest absolute Gasteiger partial charge is 0.306 e. The van der Waals surface area contributed by atoms with E-state index < -0.39 is 6.10 Å². The Balaban J connectivity index is 4.39. The summed E-state index contributed by atoms with van der Waals surface area (Å²) in [6.07, 6.45) is 79.0. The second-order valence-corrected chi connectivity index (χ2v) is 21.0. The fourth-order valence-corrected chi connectivity index (χ4v) is 9.04. The molecule has 0 aromatic rings. The molecule has 1 atom stereocenters. The molecule has 0 aliphatic rings. The van der Waals surface area contributed by atoms with E-state index in [1.54, 1.807) is 0 Å². The second kappa shape index (κ2) is 61.4. The Morgan fingerprint density at radius 3 is 0.836 bits per heavy atom. The van der Waals surface area contributed by atoms with Gasteiger partial charge in [-0.05, 0) is 70.6 Å². The minimum absolute atomic E-state index is 0.0791. The van der Waals surface area contributed by atoms with Gasteiger partial charge >= 0.3 is 17.9 Å². The van der Waals surface area contributed by atoms with Gasteiger partial charge in [0.1, 0.15) is 13.2 Å². The van der Waals surface area contributed by atoms with Crippen LogP contribution in [0.2, 0.25) is 0 Å². The topological polar surface area (TPSA) is 78.9 Å². The second-order valence-electron chi connectivity index (χ2n) is 21.0. The maximum absolute atomic E-state index is 12.9. The van der Waals surface area contributed by atoms with Gasteiger partial charge in [0.25, 0.3) is 0 Å². The van der Waals surface area contributed by atoms with Crippen molar-refractivity contribution in [2.75, 3.05) is 13.2 Å². The summed E-state index contributed by atoms with van der Waals surface area (Å²) in [7, 11) is 0. The molecule has 0 aliphatic heterocycles. The van der Waals surface area contributed by atoms with Crippen molar-refractivity contribution in [2.45, 2.75) is 322 Å². The number of carbonyl (C=O) groups excluding carboxylic acids is 3. The number of esters is 3. The average molecular weight is 1020 g/mol. The first-order chi connectivity index (χ1) is 36.0. The zero-order valence-corrected chi connectivity index (χ0v) is 48.4. The van der Waals surface area contributed by atoms with Crippen LogP contribution in [0.15, 0.2) is 72.9 Å². The van der Waals surface area contributed by atoms with Gasteiger partial charge in [-0.15, -0.1) is 0 Å². The van der Waals surface area contributed by atoms with Gasteiger partial charge < -0.3 is 14.2 Å². The van der Waals surface area contributed by atoms with Crippen LogP contribution in [0.5, 0.6) is 0 Å². The molecular formula is C67H118O6. The first kappa shape index (κ1) is 69.8. The minimum atomic E-state index is -0.784. The summed E-state index contributed by atoms with van der Waals surface area (Å²) in [6.45, 7) is 6.55. The van der Waals surface area contributed by atoms with Crippen molar-refractivity contribution in [1.29, 1.82) is 0 Å². The SMILES string of the molecule is CC/C=C\C/C=C\C/C=C\C/C=C\C/C=C\C/C=C\CCCCCCC(=O)OCC(COC(=O)CCCCCCCCCCCCCCCCC)OC(=O)CCCCCCCCCCCCCCCCCCC. The van der Waals surface area contributed by atoms with Gasteiger partial charge in [0, 0.05) is 19.3 Å². The van der Waals surface area contributed by atoms with Gasteiger partial charge in [-0.2, -0.15) is 0 Å². The highest BCUT2D eigenvalue weighted by Gasteiger charge is 2.19. The fraction of sp³-hybridized carbons (Fsp3) is 0.776. The predicted molar refractivity (Wildman–Crippen MR) is 316 cm³/mol. The van der Waals surface area contributed by atoms with Crippen LogP contribution in [0.3, 0.4) is 0 Å². The van der Waals surface area contributed by atoms with Gasteiger partial charge in [0.2, 0.25) is 0 Å². The molecule has 0 heterocycles. The Bertz CT molecular complexity index is 1360. The summed E-state index contributed by atoms with van der Waals surface area (Å²) in [5.74, 6) is -0.887. The highest BCUT2D eigenvalue weighted by Crippen LogP contribution is 2.17. The van der Waals surface area contributed by atoms with Crippen molar-refractivity contribution in [3.05, 3.63) is 72.9 Å². The summed E-state index contributed by atoms with van der Waals surface area (Å²) in [5, 5.41) is 0. The van der Waals surface area contributed by atoms with Crippen LogP contribution in [0.1, 0.15) is 316 Å². The standard InChI is InChI=1S/C67H118O6/c1-4-7-10-13-16-19-22-25-28-30-31-32-33-34-35-37-39-42-45-48-51-54-57-60-66(69)72-63-64(62-71-65(68)59-56-53-50-47-44-41-38-27-24-21-18-15-12-9-6-3)73-67(70)61-58-55-52-49-46-43-40-36-29-26-23-20-17-14-11-8-5-2/h7,10,16,19,25,28,31-32,34-35,39,42,64H,4-6,8-9,11-15,17-18,20-24,26-27,29-30,33,36-38,40-41,43-63H2,1-3H3/b10-7-,19-16-,28-25-,32-31-,35-34-,42-39-. The van der Waals surface area contributed by atoms with E-state index in [0.29, 0.717) is 19.3 Å². The normalized spacial score (nSPS) is 12.5. The third kappa shape index (κ3) is 59.6. The molecule has 0 aromatic heterocycles. The summed E-state index contributed by atoms with van der Waals surface area (Å²) in [6, 6.07) is 0. The van der Waals surface area contributed by atoms with E-state index in [0.717, 1.165) is 109 Å². The highest BCUT2D eigenvalue weighted by molar-refractivity contribution is 5.71. The highest BCUT2D eigenvalue weighted by atomic mass is 16.6. The van der Waals surface area contributed by atoms with Crippen molar-refractivity contribution in [2.24, 2.45) is 0 Å². The number of hydrogen-bond donors (Lipinski definition) is 0. The Morgan fingerprint density at radius 1 is 0.288 bits per heavy atom. The summed E-state index contributed by atoms with van der Waals surface area (Å²) in [4.78, 5) is 38.3. The zero-order valence-electron chi connectivity index (χ0n) is 48.4. The van der Waals surface area contributed by atoms with E-state index in [-0.39, 0.29) is 31.1 Å². The van der Waals surface area contributed by atoms with Crippen LogP contribution in [-0.4, -0.2) is 37.2 Å². The monoisotopic (exact) mass is 1020 g/mol. The summed E-state index contributed by atoms with van der Waals surface area (Å²) in [5.41, 5.74) is 0. The van der Waals surface area contributed by atoms with E-state index in [4.69, 9.17) is 14.2 Å². The molecule has 0 saturated carbocycles. The van der Waals surface area contributed by atoms with Gasteiger partial charge in [0.05, 0.1) is 0 Å². The molecule has 0 fully saturated rings. The van der Waals surface area contributed by atoms with E-state index in [2.05, 4.69) is 93.7 Å². The first-order valence-electron chi connectivity index (χ1n) is 31.4. The molecule has 0 spiro atoms. The van der Waals surface area contributed by atoms with E-state index in [1.807, 2.05) is 0 Å². The van der Waals surface area contributed by atoms with Gasteiger partial charge in [-0.3, -0.25) is 14.4 Å². The molecule has 0 aliphatic carbocycles. The quantitative estimate of drug-likeness (QED) is 0.0261. The predicted octanol–water partition coefficient (Wildman–Crippen LogP) is 21.3. The lowest BCUT2D eigenvalue weighted by molar-refractivity contribution is -0.167. The molecule has 0 N–H and O–H groups in total. The van der Waals surface area contributed by atoms with E-state index >= 15 is 0 Å². The molecule has 0 rings (SSSR count). The average Bonchev–Trinajstić information content (AvgIpc) is 3.39. The number of carbonyl (C=O) groups is 3. The molecule has 1 unspecified atom stereocenters. The molecule has 0 bridgehead atoms. The van der Waals surface area contributed by atoms with E-state index in [1.165, 1.54) is 167 Å². The number of hydrogen-bond acceptors (Lipinski definition) is 6. The third-order valence-corrected chi connectivity index (χ3v) is 13.7. The van der Waals surface area contributed by atoms with Crippen molar-refractivity contribution >= 4 is 17.9 Å². The molecule has 6 nitrogen and oxygen atoms in total. The number of allylic oxidation sites excluding steroid dienone is 12. The molecule has 0 radical (unpaired) electrons. The molecular weight excluding hydrogens is 901 g/mol. The van der Waals surface area contributed by atoms with Gasteiger partial charge in [-0.25, -0.2) is 0 Å². The summed E-state index contributed by atoms with van der Waals surface area (Å²) >= 11 is 0. The molecule has 422 valence electrons. The third-order valence-electron chi connectivity index (χ3n) is 13.7. The fourth-order valence-electron chi connectivity index (χ4n) is 9.04. The van der Waals surface area contributed by atoms with Crippen molar-refractivity contribution in [3.63, 3.8) is 0 Å². The first-order valence-corrected chi connectivity index (χ1v) is 31.4. The summed E-state index contributed by atoms with van der Waals surface area (Å²) < 4.78 is 16.9. The van der Waals surface area contributed by atoms with Crippen LogP contribution in [0.25, 0.3) is 0 Å². The Hall–Kier alpha value is -3.15. The zero-order chi connectivity index (χ0) is 52.9. The largest absolute Gasteiger partial charge is 0.462 e. The molecule has 0 saturated heterocycles. The van der Waals surface area contributed by atoms with Crippen LogP contribution in [0, 0.1) is 0 Å². The minimum Gasteiger partial charge on any atom is -0.462 e. The lowest BCUT2D eigenvalue weighted by Gasteiger charge is -2.18. The number of rotatable bonds is 57. The maximum atomic E-state index is 12.9. The van der Waals surface area contributed by atoms with Crippen molar-refractivity contribution < 1.29 is 28.6 Å². The van der Waals surface area contributed by atoms with Crippen molar-refractivity contribution in [1.82, 2.24) is 0 Å².